The fourth-order valence-electron chi connectivity index (χ4n) is 5.48. The molecule has 4 aromatic carbocycles. The van der Waals surface area contributed by atoms with Crippen LogP contribution in [0.15, 0.2) is 84.9 Å². The van der Waals surface area contributed by atoms with Crippen LogP contribution in [0.3, 0.4) is 0 Å². The van der Waals surface area contributed by atoms with Gasteiger partial charge in [-0.3, -0.25) is 4.79 Å². The molecule has 200 valence electrons. The minimum atomic E-state index is -0.293. The second-order valence-corrected chi connectivity index (χ2v) is 10.7. The molecule has 0 aliphatic heterocycles. The van der Waals surface area contributed by atoms with E-state index in [-0.39, 0.29) is 18.3 Å². The van der Waals surface area contributed by atoms with Crippen molar-refractivity contribution < 1.29 is 13.9 Å². The number of ether oxygens (including phenoxy) is 1. The van der Waals surface area contributed by atoms with Crippen LogP contribution >= 0.6 is 11.6 Å². The number of carbonyl (C=O) groups excluding carboxylic acids is 1. The molecular formula is C34H33ClFNO2. The van der Waals surface area contributed by atoms with Gasteiger partial charge in [0, 0.05) is 36.3 Å². The van der Waals surface area contributed by atoms with Gasteiger partial charge in [0.15, 0.2) is 0 Å². The first-order valence-electron chi connectivity index (χ1n) is 13.6. The fraction of sp³-hybridized carbons (Fsp3) is 0.265. The van der Waals surface area contributed by atoms with Crippen LogP contribution < -0.4 is 9.64 Å². The highest BCUT2D eigenvalue weighted by Gasteiger charge is 2.20. The lowest BCUT2D eigenvalue weighted by Crippen LogP contribution is -2.23. The number of anilines is 1. The van der Waals surface area contributed by atoms with Crippen molar-refractivity contribution in [1.29, 1.82) is 0 Å². The predicted molar refractivity (Wildman–Crippen MR) is 158 cm³/mol. The Morgan fingerprint density at radius 3 is 2.33 bits per heavy atom. The molecule has 0 bridgehead atoms. The van der Waals surface area contributed by atoms with Gasteiger partial charge in [-0.15, -0.1) is 0 Å². The molecule has 0 unspecified atom stereocenters. The Labute approximate surface area is 235 Å². The van der Waals surface area contributed by atoms with Gasteiger partial charge in [-0.05, 0) is 83.0 Å². The number of carbonyl (C=O) groups is 1. The summed E-state index contributed by atoms with van der Waals surface area (Å²) in [6.07, 6.45) is 6.07. The summed E-state index contributed by atoms with van der Waals surface area (Å²) in [6, 6.07) is 26.8. The highest BCUT2D eigenvalue weighted by molar-refractivity contribution is 6.30. The Bertz CT molecular complexity index is 1460. The average Bonchev–Trinajstić information content (AvgIpc) is 2.96. The summed E-state index contributed by atoms with van der Waals surface area (Å²) < 4.78 is 21.6. The third-order valence-corrected chi connectivity index (χ3v) is 7.99. The largest absolute Gasteiger partial charge is 0.489 e. The van der Waals surface area contributed by atoms with Crippen LogP contribution in [0.4, 0.5) is 10.1 Å². The number of hydrogen-bond donors (Lipinski definition) is 0. The molecule has 4 aromatic rings. The van der Waals surface area contributed by atoms with Crippen LogP contribution in [0.25, 0.3) is 22.3 Å². The number of hydrogen-bond acceptors (Lipinski definition) is 2. The summed E-state index contributed by atoms with van der Waals surface area (Å²) in [5, 5.41) is 0.658. The van der Waals surface area contributed by atoms with Crippen molar-refractivity contribution in [1.82, 2.24) is 0 Å². The van der Waals surface area contributed by atoms with E-state index in [1.807, 2.05) is 66.7 Å². The highest BCUT2D eigenvalue weighted by Crippen LogP contribution is 2.39. The van der Waals surface area contributed by atoms with E-state index in [1.54, 1.807) is 11.9 Å². The van der Waals surface area contributed by atoms with Gasteiger partial charge in [0.05, 0.1) is 0 Å². The third kappa shape index (κ3) is 6.17. The van der Waals surface area contributed by atoms with Gasteiger partial charge in [-0.1, -0.05) is 73.3 Å². The maximum Gasteiger partial charge on any atom is 0.223 e. The lowest BCUT2D eigenvalue weighted by atomic mass is 9.81. The molecule has 1 amide bonds. The van der Waals surface area contributed by atoms with Gasteiger partial charge in [-0.2, -0.15) is 0 Å². The van der Waals surface area contributed by atoms with Crippen LogP contribution in [-0.2, 0) is 11.4 Å². The molecular weight excluding hydrogens is 509 g/mol. The minimum Gasteiger partial charge on any atom is -0.489 e. The summed E-state index contributed by atoms with van der Waals surface area (Å²) in [5.74, 6) is 0.585. The molecule has 1 saturated carbocycles. The zero-order chi connectivity index (χ0) is 27.4. The third-order valence-electron chi connectivity index (χ3n) is 7.73. The molecule has 0 spiro atoms. The van der Waals surface area contributed by atoms with Gasteiger partial charge < -0.3 is 9.64 Å². The van der Waals surface area contributed by atoms with E-state index in [4.69, 9.17) is 16.3 Å². The lowest BCUT2D eigenvalue weighted by Gasteiger charge is -2.24. The molecule has 0 saturated heterocycles. The average molecular weight is 542 g/mol. The number of halogens is 2. The first-order chi connectivity index (χ1) is 18.9. The Kier molecular flexibility index (Phi) is 8.33. The summed E-state index contributed by atoms with van der Waals surface area (Å²) in [5.41, 5.74) is 6.41. The predicted octanol–water partition coefficient (Wildman–Crippen LogP) is 9.42. The Morgan fingerprint density at radius 1 is 0.897 bits per heavy atom. The van der Waals surface area contributed by atoms with Gasteiger partial charge >= 0.3 is 0 Å². The molecule has 0 atom stereocenters. The Hall–Kier alpha value is -3.63. The zero-order valence-electron chi connectivity index (χ0n) is 22.4. The van der Waals surface area contributed by atoms with E-state index in [0.29, 0.717) is 22.3 Å². The maximum atomic E-state index is 15.5. The van der Waals surface area contributed by atoms with Crippen molar-refractivity contribution in [2.75, 3.05) is 11.9 Å². The van der Waals surface area contributed by atoms with Gasteiger partial charge in [0.1, 0.15) is 18.2 Å². The van der Waals surface area contributed by atoms with Crippen LogP contribution in [0.5, 0.6) is 5.75 Å². The molecule has 5 heteroatoms. The van der Waals surface area contributed by atoms with E-state index in [1.165, 1.54) is 37.8 Å². The maximum absolute atomic E-state index is 15.5. The van der Waals surface area contributed by atoms with Crippen LogP contribution in [0, 0.1) is 5.82 Å². The summed E-state index contributed by atoms with van der Waals surface area (Å²) in [7, 11) is 1.74. The van der Waals surface area contributed by atoms with Crippen molar-refractivity contribution in [2.24, 2.45) is 0 Å². The van der Waals surface area contributed by atoms with Crippen LogP contribution in [-0.4, -0.2) is 13.0 Å². The summed E-state index contributed by atoms with van der Waals surface area (Å²) in [4.78, 5) is 13.6. The van der Waals surface area contributed by atoms with Gasteiger partial charge in [0.25, 0.3) is 0 Å². The smallest absolute Gasteiger partial charge is 0.223 e. The van der Waals surface area contributed by atoms with Crippen molar-refractivity contribution in [2.45, 2.75) is 51.6 Å². The number of amides is 1. The second-order valence-electron chi connectivity index (χ2n) is 10.3. The van der Waals surface area contributed by atoms with Gasteiger partial charge in [-0.25, -0.2) is 4.39 Å². The van der Waals surface area contributed by atoms with Gasteiger partial charge in [0.2, 0.25) is 5.91 Å². The normalized spacial score (nSPS) is 13.7. The number of benzene rings is 4. The van der Waals surface area contributed by atoms with Crippen molar-refractivity contribution in [3.8, 4) is 28.0 Å². The SMILES string of the molecule is CC(=O)N(C)c1ccc(-c2ccc(Cl)cc2)c(COc2ccc(-c3ccccc3C3CCCCC3)c(F)c2)c1. The molecule has 5 rings (SSSR count). The summed E-state index contributed by atoms with van der Waals surface area (Å²) >= 11 is 6.10. The molecule has 1 aliphatic carbocycles. The molecule has 0 heterocycles. The molecule has 39 heavy (non-hydrogen) atoms. The fourth-order valence-corrected chi connectivity index (χ4v) is 5.60. The number of rotatable bonds is 7. The van der Waals surface area contributed by atoms with E-state index in [9.17, 15) is 4.79 Å². The Morgan fingerprint density at radius 2 is 1.62 bits per heavy atom. The first-order valence-corrected chi connectivity index (χ1v) is 13.9. The molecule has 0 aromatic heterocycles. The molecule has 3 nitrogen and oxygen atoms in total. The number of nitrogens with zero attached hydrogens (tertiary/aromatic N) is 1. The minimum absolute atomic E-state index is 0.0627. The topological polar surface area (TPSA) is 29.5 Å². The van der Waals surface area contributed by atoms with Crippen molar-refractivity contribution >= 4 is 23.2 Å². The first kappa shape index (κ1) is 27.0. The van der Waals surface area contributed by atoms with E-state index in [2.05, 4.69) is 12.1 Å². The summed E-state index contributed by atoms with van der Waals surface area (Å²) in [6.45, 7) is 1.75. The second kappa shape index (κ2) is 12.0. The van der Waals surface area contributed by atoms with Crippen molar-refractivity contribution in [3.05, 3.63) is 107 Å². The molecule has 1 fully saturated rings. The highest BCUT2D eigenvalue weighted by atomic mass is 35.5. The quantitative estimate of drug-likeness (QED) is 0.233. The van der Waals surface area contributed by atoms with Crippen molar-refractivity contribution in [3.63, 3.8) is 0 Å². The monoisotopic (exact) mass is 541 g/mol. The molecule has 0 N–H and O–H groups in total. The van der Waals surface area contributed by atoms with Crippen LogP contribution in [0.1, 0.15) is 56.1 Å². The standard InChI is InChI=1S/C34H33ClFNO2/c1-23(38)37(2)28-16-18-30(25-12-14-27(35)15-13-25)26(20-28)22-39-29-17-19-33(34(36)21-29)32-11-7-6-10-31(32)24-8-4-3-5-9-24/h6-7,10-21,24H,3-5,8-9,22H2,1-2H3. The van der Waals surface area contributed by atoms with E-state index < -0.39 is 0 Å². The zero-order valence-corrected chi connectivity index (χ0v) is 23.2. The van der Waals surface area contributed by atoms with Crippen LogP contribution in [0.2, 0.25) is 5.02 Å². The Balaban J connectivity index is 1.41. The van der Waals surface area contributed by atoms with E-state index in [0.717, 1.165) is 40.8 Å². The van der Waals surface area contributed by atoms with E-state index >= 15 is 4.39 Å². The lowest BCUT2D eigenvalue weighted by molar-refractivity contribution is -0.116. The molecule has 1 aliphatic rings. The molecule has 0 radical (unpaired) electrons.